The van der Waals surface area contributed by atoms with Gasteiger partial charge in [-0.1, -0.05) is 12.8 Å². The molecule has 1 aliphatic carbocycles. The van der Waals surface area contributed by atoms with Gasteiger partial charge >= 0.3 is 0 Å². The van der Waals surface area contributed by atoms with Crippen molar-refractivity contribution in [1.82, 2.24) is 4.98 Å². The van der Waals surface area contributed by atoms with Crippen LogP contribution in [0, 0.1) is 0 Å². The number of nitrogens with zero attached hydrogens (tertiary/aromatic N) is 2. The number of aromatic nitrogens is 1. The molecule has 14 heavy (non-hydrogen) atoms. The molecule has 1 saturated carbocycles. The van der Waals surface area contributed by atoms with Crippen LogP contribution in [-0.2, 0) is 6.61 Å². The zero-order chi connectivity index (χ0) is 9.97. The fourth-order valence-electron chi connectivity index (χ4n) is 1.98. The van der Waals surface area contributed by atoms with E-state index in [2.05, 4.69) is 9.88 Å². The third-order valence-electron chi connectivity index (χ3n) is 2.88. The first kappa shape index (κ1) is 9.52. The number of oxazole rings is 1. The van der Waals surface area contributed by atoms with Crippen molar-refractivity contribution in [3.8, 4) is 0 Å². The Bertz CT molecular complexity index is 292. The first-order valence-corrected chi connectivity index (χ1v) is 5.09. The van der Waals surface area contributed by atoms with E-state index in [9.17, 15) is 0 Å². The highest BCUT2D eigenvalue weighted by Gasteiger charge is 2.22. The van der Waals surface area contributed by atoms with Crippen molar-refractivity contribution in [2.24, 2.45) is 0 Å². The second-order valence-electron chi connectivity index (χ2n) is 3.83. The summed E-state index contributed by atoms with van der Waals surface area (Å²) in [4.78, 5) is 6.26. The first-order chi connectivity index (χ1) is 6.81. The van der Waals surface area contributed by atoms with Crippen molar-refractivity contribution in [3.63, 3.8) is 0 Å². The van der Waals surface area contributed by atoms with Crippen LogP contribution in [0.4, 0.5) is 6.01 Å². The summed E-state index contributed by atoms with van der Waals surface area (Å²) in [5.74, 6) is 0. The van der Waals surface area contributed by atoms with Gasteiger partial charge in [-0.3, -0.25) is 0 Å². The van der Waals surface area contributed by atoms with E-state index in [1.165, 1.54) is 31.9 Å². The molecule has 0 saturated heterocycles. The quantitative estimate of drug-likeness (QED) is 0.796. The molecule has 1 fully saturated rings. The number of hydrogen-bond donors (Lipinski definition) is 1. The number of rotatable bonds is 3. The Hall–Kier alpha value is -1.03. The molecule has 1 N–H and O–H groups in total. The SMILES string of the molecule is CN(c1nc(CO)co1)C1CCCC1. The minimum absolute atomic E-state index is 0.0536. The Morgan fingerprint density at radius 3 is 2.86 bits per heavy atom. The molecule has 4 heteroatoms. The van der Waals surface area contributed by atoms with Crippen molar-refractivity contribution in [2.45, 2.75) is 38.3 Å². The summed E-state index contributed by atoms with van der Waals surface area (Å²) in [6.07, 6.45) is 6.53. The van der Waals surface area contributed by atoms with E-state index in [0.717, 1.165) is 0 Å². The van der Waals surface area contributed by atoms with E-state index < -0.39 is 0 Å². The van der Waals surface area contributed by atoms with Crippen LogP contribution in [-0.4, -0.2) is 23.2 Å². The number of aliphatic hydroxyl groups is 1. The lowest BCUT2D eigenvalue weighted by molar-refractivity contribution is 0.276. The summed E-state index contributed by atoms with van der Waals surface area (Å²) in [7, 11) is 2.00. The van der Waals surface area contributed by atoms with E-state index in [4.69, 9.17) is 9.52 Å². The molecule has 0 spiro atoms. The standard InChI is InChI=1S/C10H16N2O2/c1-12(9-4-2-3-5-9)10-11-8(6-13)7-14-10/h7,9,13H,2-6H2,1H3. The molecule has 0 unspecified atom stereocenters. The predicted molar refractivity (Wildman–Crippen MR) is 53.1 cm³/mol. The molecule has 2 rings (SSSR count). The van der Waals surface area contributed by atoms with Crippen molar-refractivity contribution < 1.29 is 9.52 Å². The van der Waals surface area contributed by atoms with Gasteiger partial charge in [-0.2, -0.15) is 4.98 Å². The van der Waals surface area contributed by atoms with Crippen LogP contribution >= 0.6 is 0 Å². The van der Waals surface area contributed by atoms with E-state index >= 15 is 0 Å². The van der Waals surface area contributed by atoms with Crippen LogP contribution in [0.2, 0.25) is 0 Å². The molecule has 0 bridgehead atoms. The predicted octanol–water partition coefficient (Wildman–Crippen LogP) is 1.55. The molecule has 4 nitrogen and oxygen atoms in total. The molecule has 0 aliphatic heterocycles. The molecule has 0 atom stereocenters. The summed E-state index contributed by atoms with van der Waals surface area (Å²) in [5.41, 5.74) is 0.602. The molecular weight excluding hydrogens is 180 g/mol. The summed E-state index contributed by atoms with van der Waals surface area (Å²) < 4.78 is 5.28. The third-order valence-corrected chi connectivity index (χ3v) is 2.88. The minimum Gasteiger partial charge on any atom is -0.432 e. The van der Waals surface area contributed by atoms with Crippen molar-refractivity contribution in [1.29, 1.82) is 0 Å². The third kappa shape index (κ3) is 1.75. The van der Waals surface area contributed by atoms with Gasteiger partial charge < -0.3 is 14.4 Å². The Balaban J connectivity index is 2.05. The monoisotopic (exact) mass is 196 g/mol. The van der Waals surface area contributed by atoms with Crippen LogP contribution in [0.15, 0.2) is 10.7 Å². The van der Waals surface area contributed by atoms with Gasteiger partial charge in [0.05, 0.1) is 6.61 Å². The second kappa shape index (κ2) is 4.00. The van der Waals surface area contributed by atoms with Crippen LogP contribution in [0.5, 0.6) is 0 Å². The topological polar surface area (TPSA) is 49.5 Å². The van der Waals surface area contributed by atoms with Gasteiger partial charge in [0.15, 0.2) is 0 Å². The lowest BCUT2D eigenvalue weighted by Crippen LogP contribution is -2.28. The van der Waals surface area contributed by atoms with Gasteiger partial charge in [0, 0.05) is 13.1 Å². The molecule has 78 valence electrons. The smallest absolute Gasteiger partial charge is 0.297 e. The summed E-state index contributed by atoms with van der Waals surface area (Å²) >= 11 is 0. The maximum Gasteiger partial charge on any atom is 0.297 e. The molecular formula is C10H16N2O2. The Morgan fingerprint density at radius 1 is 1.57 bits per heavy atom. The Kier molecular flexibility index (Phi) is 2.72. The van der Waals surface area contributed by atoms with Crippen LogP contribution in [0.1, 0.15) is 31.4 Å². The highest BCUT2D eigenvalue weighted by molar-refractivity contribution is 5.27. The molecule has 0 aromatic carbocycles. The van der Waals surface area contributed by atoms with E-state index in [0.29, 0.717) is 17.8 Å². The fourth-order valence-corrected chi connectivity index (χ4v) is 1.98. The van der Waals surface area contributed by atoms with Gasteiger partial charge in [-0.15, -0.1) is 0 Å². The van der Waals surface area contributed by atoms with Gasteiger partial charge in [0.1, 0.15) is 12.0 Å². The van der Waals surface area contributed by atoms with Gasteiger partial charge in [-0.05, 0) is 12.8 Å². The average Bonchev–Trinajstić information content (AvgIpc) is 2.88. The maximum absolute atomic E-state index is 8.86. The highest BCUT2D eigenvalue weighted by atomic mass is 16.4. The van der Waals surface area contributed by atoms with E-state index in [-0.39, 0.29) is 6.61 Å². The summed E-state index contributed by atoms with van der Waals surface area (Å²) in [5, 5.41) is 8.86. The van der Waals surface area contributed by atoms with E-state index in [1.54, 1.807) is 0 Å². The van der Waals surface area contributed by atoms with Crippen molar-refractivity contribution in [2.75, 3.05) is 11.9 Å². The number of aliphatic hydroxyl groups excluding tert-OH is 1. The molecule has 0 amide bonds. The molecule has 1 aliphatic rings. The zero-order valence-corrected chi connectivity index (χ0v) is 8.44. The Morgan fingerprint density at radius 2 is 2.29 bits per heavy atom. The van der Waals surface area contributed by atoms with Crippen LogP contribution in [0.25, 0.3) is 0 Å². The Labute approximate surface area is 83.5 Å². The van der Waals surface area contributed by atoms with Gasteiger partial charge in [0.25, 0.3) is 6.01 Å². The van der Waals surface area contributed by atoms with E-state index in [1.807, 2.05) is 7.05 Å². The maximum atomic E-state index is 8.86. The average molecular weight is 196 g/mol. The largest absolute Gasteiger partial charge is 0.432 e. The number of anilines is 1. The second-order valence-corrected chi connectivity index (χ2v) is 3.83. The lowest BCUT2D eigenvalue weighted by Gasteiger charge is -2.21. The summed E-state index contributed by atoms with van der Waals surface area (Å²) in [6, 6.07) is 1.18. The minimum atomic E-state index is -0.0536. The number of hydrogen-bond acceptors (Lipinski definition) is 4. The molecule has 1 heterocycles. The zero-order valence-electron chi connectivity index (χ0n) is 8.44. The first-order valence-electron chi connectivity index (χ1n) is 5.09. The lowest BCUT2D eigenvalue weighted by atomic mass is 10.2. The van der Waals surface area contributed by atoms with Crippen LogP contribution < -0.4 is 4.90 Å². The van der Waals surface area contributed by atoms with Crippen molar-refractivity contribution >= 4 is 6.01 Å². The molecule has 1 aromatic rings. The normalized spacial score (nSPS) is 17.6. The highest BCUT2D eigenvalue weighted by Crippen LogP contribution is 2.26. The molecule has 1 aromatic heterocycles. The van der Waals surface area contributed by atoms with Crippen LogP contribution in [0.3, 0.4) is 0 Å². The fraction of sp³-hybridized carbons (Fsp3) is 0.700. The van der Waals surface area contributed by atoms with Gasteiger partial charge in [-0.25, -0.2) is 0 Å². The van der Waals surface area contributed by atoms with Gasteiger partial charge in [0.2, 0.25) is 0 Å². The molecule has 0 radical (unpaired) electrons. The van der Waals surface area contributed by atoms with Crippen molar-refractivity contribution in [3.05, 3.63) is 12.0 Å². The summed E-state index contributed by atoms with van der Waals surface area (Å²) in [6.45, 7) is -0.0536.